The molecule has 1 aromatic rings. The Labute approximate surface area is 197 Å². The highest BCUT2D eigenvalue weighted by atomic mass is 32.1. The Bertz CT molecular complexity index is 740. The Hall–Kier alpha value is -1.01. The van der Waals surface area contributed by atoms with Crippen LogP contribution >= 0.6 is 11.3 Å². The van der Waals surface area contributed by atoms with Gasteiger partial charge in [0, 0.05) is 30.6 Å². The molecule has 0 spiro atoms. The Morgan fingerprint density at radius 3 is 2.25 bits per heavy atom. The molecule has 3 atom stereocenters. The minimum absolute atomic E-state index is 0.0159. The first-order chi connectivity index (χ1) is 14.5. The van der Waals surface area contributed by atoms with Gasteiger partial charge in [-0.2, -0.15) is 0 Å². The summed E-state index contributed by atoms with van der Waals surface area (Å²) in [6.07, 6.45) is -1.39. The third kappa shape index (κ3) is 8.73. The molecule has 8 nitrogen and oxygen atoms in total. The summed E-state index contributed by atoms with van der Waals surface area (Å²) in [6, 6.07) is -0.507. The fourth-order valence-electron chi connectivity index (χ4n) is 2.61. The van der Waals surface area contributed by atoms with Crippen LogP contribution < -0.4 is 15.5 Å². The van der Waals surface area contributed by atoms with Crippen molar-refractivity contribution in [3.63, 3.8) is 0 Å². The molecule has 0 bridgehead atoms. The summed E-state index contributed by atoms with van der Waals surface area (Å²) in [5.74, 6) is 0.237. The summed E-state index contributed by atoms with van der Waals surface area (Å²) >= 11 is 1.29. The summed E-state index contributed by atoms with van der Waals surface area (Å²) in [5.41, 5.74) is 5.80. The number of nitrogens with one attached hydrogen (secondary N) is 1. The summed E-state index contributed by atoms with van der Waals surface area (Å²) < 4.78 is 17.0. The number of carbonyl (C=O) groups excluding carboxylic acids is 1. The molecule has 0 radical (unpaired) electrons. The minimum atomic E-state index is -2.16. The lowest BCUT2D eigenvalue weighted by Gasteiger charge is -2.36. The van der Waals surface area contributed by atoms with E-state index in [-0.39, 0.29) is 11.6 Å². The lowest BCUT2D eigenvalue weighted by atomic mass is 10.1. The minimum Gasteiger partial charge on any atom is -0.543 e. The number of aliphatic hydroxyl groups is 2. The van der Waals surface area contributed by atoms with Gasteiger partial charge in [0.2, 0.25) is 0 Å². The molecule has 32 heavy (non-hydrogen) atoms. The Morgan fingerprint density at radius 2 is 1.78 bits per heavy atom. The number of ether oxygens (including phenoxy) is 2. The largest absolute Gasteiger partial charge is 0.543 e. The third-order valence-corrected chi connectivity index (χ3v) is 10.9. The summed E-state index contributed by atoms with van der Waals surface area (Å²) in [6.45, 7) is 16.5. The molecule has 1 rings (SSSR count). The van der Waals surface area contributed by atoms with Gasteiger partial charge in [0.1, 0.15) is 22.5 Å². The number of rotatable bonds is 11. The van der Waals surface area contributed by atoms with E-state index in [2.05, 4.69) is 39.2 Å². The van der Waals surface area contributed by atoms with Crippen LogP contribution in [-0.4, -0.2) is 55.8 Å². The van der Waals surface area contributed by atoms with Gasteiger partial charge in [-0.3, -0.25) is 0 Å². The molecule has 0 aromatic carbocycles. The van der Waals surface area contributed by atoms with E-state index in [1.165, 1.54) is 18.4 Å². The summed E-state index contributed by atoms with van der Waals surface area (Å²) in [5, 5.41) is 24.7. The van der Waals surface area contributed by atoms with E-state index in [1.807, 2.05) is 26.2 Å². The van der Waals surface area contributed by atoms with Crippen molar-refractivity contribution in [1.82, 2.24) is 5.32 Å². The topological polar surface area (TPSA) is 123 Å². The Balaban J connectivity index is 3.20. The van der Waals surface area contributed by atoms with E-state index in [4.69, 9.17) is 19.6 Å². The smallest absolute Gasteiger partial charge is 0.349 e. The number of nitrogens with two attached hydrogens (primary N) is 1. The third-order valence-electron chi connectivity index (χ3n) is 5.56. The highest BCUT2D eigenvalue weighted by Gasteiger charge is 2.40. The monoisotopic (exact) mass is 490 g/mol. The summed E-state index contributed by atoms with van der Waals surface area (Å²) in [7, 11) is -0.744. The molecule has 186 valence electrons. The van der Waals surface area contributed by atoms with Gasteiger partial charge < -0.3 is 35.2 Å². The number of carbonyl (C=O) groups is 1. The number of hydrogen-bond acceptors (Lipinski definition) is 9. The van der Waals surface area contributed by atoms with Crippen LogP contribution in [0.2, 0.25) is 18.1 Å². The highest BCUT2D eigenvalue weighted by molar-refractivity contribution is 7.12. The molecule has 0 aliphatic heterocycles. The molecule has 0 saturated carbocycles. The molecule has 1 aromatic heterocycles. The van der Waals surface area contributed by atoms with Crippen LogP contribution in [0.4, 0.5) is 0 Å². The van der Waals surface area contributed by atoms with E-state index >= 15 is 0 Å². The first kappa shape index (κ1) is 29.0. The molecule has 0 unspecified atom stereocenters. The van der Waals surface area contributed by atoms with Crippen LogP contribution in [0.25, 0.3) is 0 Å². The van der Waals surface area contributed by atoms with E-state index in [9.17, 15) is 15.0 Å². The van der Waals surface area contributed by atoms with Crippen LogP contribution in [-0.2, 0) is 16.0 Å². The standard InChI is InChI=1S/C22H42N2O6SSi/c1-21(2,3)29-20(27)18-14(12-24-15(19(23)26)10-11-17(25)28-7)16(13-31-18)30-32(8,9)22(4,5)6/h13,15,17,19,24-26H,10-12,23H2,1-9H3/t15-,17-,19-/m0/s1. The maximum atomic E-state index is 12.9. The van der Waals surface area contributed by atoms with Gasteiger partial charge in [0.15, 0.2) is 6.29 Å². The molecule has 0 saturated heterocycles. The van der Waals surface area contributed by atoms with Gasteiger partial charge in [-0.15, -0.1) is 11.3 Å². The van der Waals surface area contributed by atoms with Crippen molar-refractivity contribution in [3.8, 4) is 5.75 Å². The number of hydrogen-bond donors (Lipinski definition) is 4. The lowest BCUT2D eigenvalue weighted by molar-refractivity contribution is -0.0819. The molecule has 0 amide bonds. The highest BCUT2D eigenvalue weighted by Crippen LogP contribution is 2.40. The van der Waals surface area contributed by atoms with Crippen molar-refractivity contribution in [2.24, 2.45) is 5.73 Å². The zero-order valence-electron chi connectivity index (χ0n) is 20.9. The molecular weight excluding hydrogens is 448 g/mol. The van der Waals surface area contributed by atoms with E-state index < -0.39 is 38.4 Å². The maximum absolute atomic E-state index is 12.9. The van der Waals surface area contributed by atoms with E-state index in [0.29, 0.717) is 29.0 Å². The number of thiophene rings is 1. The molecule has 5 N–H and O–H groups in total. The average molecular weight is 491 g/mol. The molecule has 10 heteroatoms. The van der Waals surface area contributed by atoms with E-state index in [1.54, 1.807) is 0 Å². The van der Waals surface area contributed by atoms with Crippen LogP contribution in [0, 0.1) is 0 Å². The lowest BCUT2D eigenvalue weighted by Crippen LogP contribution is -2.46. The zero-order valence-corrected chi connectivity index (χ0v) is 22.8. The van der Waals surface area contributed by atoms with Gasteiger partial charge in [-0.25, -0.2) is 4.79 Å². The van der Waals surface area contributed by atoms with Crippen molar-refractivity contribution in [3.05, 3.63) is 15.8 Å². The molecular formula is C22H42N2O6SSi. The number of methoxy groups -OCH3 is 1. The van der Waals surface area contributed by atoms with E-state index in [0.717, 1.165) is 0 Å². The second-order valence-electron chi connectivity index (χ2n) is 10.5. The fourth-order valence-corrected chi connectivity index (χ4v) is 4.60. The second kappa shape index (κ2) is 11.4. The fraction of sp³-hybridized carbons (Fsp3) is 0.773. The molecule has 0 aliphatic carbocycles. The van der Waals surface area contributed by atoms with Gasteiger partial charge in [0.25, 0.3) is 8.32 Å². The van der Waals surface area contributed by atoms with Crippen LogP contribution in [0.15, 0.2) is 5.38 Å². The zero-order chi connectivity index (χ0) is 24.9. The Kier molecular flexibility index (Phi) is 10.3. The second-order valence-corrected chi connectivity index (χ2v) is 16.1. The van der Waals surface area contributed by atoms with Crippen LogP contribution in [0.1, 0.15) is 69.6 Å². The first-order valence-electron chi connectivity index (χ1n) is 10.9. The molecule has 0 fully saturated rings. The predicted molar refractivity (Wildman–Crippen MR) is 130 cm³/mol. The quantitative estimate of drug-likeness (QED) is 0.211. The van der Waals surface area contributed by atoms with Crippen molar-refractivity contribution in [1.29, 1.82) is 0 Å². The van der Waals surface area contributed by atoms with Crippen molar-refractivity contribution in [2.45, 2.75) is 103 Å². The van der Waals surface area contributed by atoms with Crippen LogP contribution in [0.3, 0.4) is 0 Å². The van der Waals surface area contributed by atoms with Gasteiger partial charge >= 0.3 is 5.97 Å². The number of aliphatic hydroxyl groups excluding tert-OH is 2. The van der Waals surface area contributed by atoms with Crippen molar-refractivity contribution < 1.29 is 28.9 Å². The van der Waals surface area contributed by atoms with Crippen LogP contribution in [0.5, 0.6) is 5.75 Å². The maximum Gasteiger partial charge on any atom is 0.349 e. The average Bonchev–Trinajstić information content (AvgIpc) is 3.00. The van der Waals surface area contributed by atoms with Gasteiger partial charge in [-0.05, 0) is 51.7 Å². The van der Waals surface area contributed by atoms with Gasteiger partial charge in [0.05, 0.1) is 0 Å². The van der Waals surface area contributed by atoms with Crippen molar-refractivity contribution >= 4 is 25.6 Å². The number of esters is 1. The predicted octanol–water partition coefficient (Wildman–Crippen LogP) is 3.57. The van der Waals surface area contributed by atoms with Gasteiger partial charge in [-0.1, -0.05) is 20.8 Å². The first-order valence-corrected chi connectivity index (χ1v) is 14.7. The molecule has 1 heterocycles. The summed E-state index contributed by atoms with van der Waals surface area (Å²) in [4.78, 5) is 13.3. The molecule has 0 aliphatic rings. The van der Waals surface area contributed by atoms with Crippen molar-refractivity contribution in [2.75, 3.05) is 7.11 Å². The Morgan fingerprint density at radius 1 is 1.19 bits per heavy atom. The normalized spacial score (nSPS) is 15.9. The SMILES string of the molecule is CO[C@H](O)CC[C@H](NCc1c(O[Si](C)(C)C(C)(C)C)csc1C(=O)OC(C)(C)C)[C@@H](N)O.